The van der Waals surface area contributed by atoms with Gasteiger partial charge in [0.15, 0.2) is 0 Å². The zero-order valence-corrected chi connectivity index (χ0v) is 32.3. The summed E-state index contributed by atoms with van der Waals surface area (Å²) in [6, 6.07) is 70.5. The lowest BCUT2D eigenvalue weighted by Gasteiger charge is -2.26. The Bertz CT molecular complexity index is 3610. The largest absolute Gasteiger partial charge is 0.438 e. The molecule has 0 saturated carbocycles. The number of rotatable bonds is 6. The van der Waals surface area contributed by atoms with Gasteiger partial charge in [0.2, 0.25) is 5.71 Å². The van der Waals surface area contributed by atoms with E-state index in [1.807, 2.05) is 36.5 Å². The molecule has 0 radical (unpaired) electrons. The van der Waals surface area contributed by atoms with E-state index in [0.717, 1.165) is 83.5 Å². The Balaban J connectivity index is 0.929. The number of furan rings is 1. The van der Waals surface area contributed by atoms with Gasteiger partial charge in [-0.15, -0.1) is 0 Å². The molecule has 0 aliphatic rings. The number of aromatic nitrogens is 3. The van der Waals surface area contributed by atoms with Crippen molar-refractivity contribution < 1.29 is 4.42 Å². The average molecular weight is 767 g/mol. The molecule has 4 aromatic heterocycles. The van der Waals surface area contributed by atoms with Crippen LogP contribution in [-0.4, -0.2) is 15.0 Å². The van der Waals surface area contributed by atoms with Crippen LogP contribution in [0.3, 0.4) is 0 Å². The normalized spacial score (nSPS) is 11.7. The molecule has 0 atom stereocenters. The third-order valence-corrected chi connectivity index (χ3v) is 11.7. The summed E-state index contributed by atoms with van der Waals surface area (Å²) in [5, 5.41) is 10.3. The highest BCUT2D eigenvalue weighted by Crippen LogP contribution is 2.40. The second kappa shape index (κ2) is 13.8. The first kappa shape index (κ1) is 33.9. The zero-order valence-electron chi connectivity index (χ0n) is 32.3. The van der Waals surface area contributed by atoms with E-state index in [4.69, 9.17) is 19.4 Å². The van der Waals surface area contributed by atoms with Gasteiger partial charge in [-0.1, -0.05) is 121 Å². The molecule has 12 rings (SSSR count). The first-order valence-electron chi connectivity index (χ1n) is 20.2. The quantitative estimate of drug-likeness (QED) is 0.158. The molecule has 8 aromatic carbocycles. The molecule has 5 nitrogen and oxygen atoms in total. The van der Waals surface area contributed by atoms with Crippen LogP contribution >= 0.6 is 0 Å². The predicted molar refractivity (Wildman–Crippen MR) is 248 cm³/mol. The topological polar surface area (TPSA) is 55.1 Å². The van der Waals surface area contributed by atoms with Gasteiger partial charge < -0.3 is 9.32 Å². The second-order valence-corrected chi connectivity index (χ2v) is 15.3. The second-order valence-electron chi connectivity index (χ2n) is 15.3. The molecule has 0 amide bonds. The van der Waals surface area contributed by atoms with E-state index in [1.54, 1.807) is 0 Å². The lowest BCUT2D eigenvalue weighted by Crippen LogP contribution is -2.10. The maximum Gasteiger partial charge on any atom is 0.227 e. The van der Waals surface area contributed by atoms with E-state index in [2.05, 4.69) is 175 Å². The Kier molecular flexibility index (Phi) is 7.78. The van der Waals surface area contributed by atoms with Crippen LogP contribution in [0, 0.1) is 0 Å². The molecule has 0 aliphatic heterocycles. The van der Waals surface area contributed by atoms with Crippen molar-refractivity contribution in [2.75, 3.05) is 4.90 Å². The number of para-hydroxylation sites is 2. The maximum atomic E-state index is 6.13. The van der Waals surface area contributed by atoms with E-state index < -0.39 is 0 Å². The van der Waals surface area contributed by atoms with E-state index in [-0.39, 0.29) is 0 Å². The van der Waals surface area contributed by atoms with Crippen LogP contribution in [0.25, 0.3) is 99.1 Å². The van der Waals surface area contributed by atoms with Crippen molar-refractivity contribution in [2.45, 2.75) is 0 Å². The lowest BCUT2D eigenvalue weighted by atomic mass is 9.98. The minimum Gasteiger partial charge on any atom is -0.438 e. The first-order chi connectivity index (χ1) is 29.7. The Labute approximate surface area is 345 Å². The SMILES string of the molecule is c1ccc2cc(-c3ccc4c(ccc5cc(N(c6ccc(-c7ccc8ccccc8n7)cc6)c6ccc(-c7ccc8c(n7)oc7ccccc78)cc6)ccc54)c3)ncc2c1. The molecule has 0 bridgehead atoms. The van der Waals surface area contributed by atoms with E-state index in [0.29, 0.717) is 5.71 Å². The molecule has 0 unspecified atom stereocenters. The van der Waals surface area contributed by atoms with Crippen molar-refractivity contribution >= 4 is 82.4 Å². The summed E-state index contributed by atoms with van der Waals surface area (Å²) in [6.45, 7) is 0. The number of hydrogen-bond donors (Lipinski definition) is 0. The summed E-state index contributed by atoms with van der Waals surface area (Å²) < 4.78 is 6.13. The molecule has 4 heterocycles. The highest BCUT2D eigenvalue weighted by Gasteiger charge is 2.16. The molecular formula is C55H34N4O. The average Bonchev–Trinajstić information content (AvgIpc) is 3.69. The Hall–Kier alpha value is -8.15. The van der Waals surface area contributed by atoms with Gasteiger partial charge in [-0.05, 0) is 106 Å². The Morgan fingerprint density at radius 1 is 0.350 bits per heavy atom. The summed E-state index contributed by atoms with van der Waals surface area (Å²) in [7, 11) is 0. The molecular weight excluding hydrogens is 733 g/mol. The molecule has 0 saturated heterocycles. The monoisotopic (exact) mass is 766 g/mol. The highest BCUT2D eigenvalue weighted by molar-refractivity contribution is 6.10. The number of anilines is 3. The fraction of sp³-hybridized carbons (Fsp3) is 0. The van der Waals surface area contributed by atoms with Gasteiger partial charge in [-0.3, -0.25) is 4.98 Å². The summed E-state index contributed by atoms with van der Waals surface area (Å²) in [6.07, 6.45) is 1.96. The van der Waals surface area contributed by atoms with E-state index in [1.165, 1.54) is 26.9 Å². The fourth-order valence-corrected chi connectivity index (χ4v) is 8.60. The Morgan fingerprint density at radius 3 is 1.73 bits per heavy atom. The van der Waals surface area contributed by atoms with E-state index in [9.17, 15) is 0 Å². The molecule has 0 N–H and O–H groups in total. The molecule has 12 aromatic rings. The van der Waals surface area contributed by atoms with Crippen LogP contribution in [0.1, 0.15) is 0 Å². The van der Waals surface area contributed by atoms with Crippen molar-refractivity contribution in [1.82, 2.24) is 15.0 Å². The Morgan fingerprint density at radius 2 is 0.933 bits per heavy atom. The minimum absolute atomic E-state index is 0.644. The molecule has 5 heteroatoms. The molecule has 280 valence electrons. The van der Waals surface area contributed by atoms with Crippen LogP contribution < -0.4 is 4.90 Å². The highest BCUT2D eigenvalue weighted by atomic mass is 16.3. The van der Waals surface area contributed by atoms with Gasteiger partial charge in [0, 0.05) is 61.5 Å². The van der Waals surface area contributed by atoms with Crippen molar-refractivity contribution in [1.29, 1.82) is 0 Å². The maximum absolute atomic E-state index is 6.13. The molecule has 0 spiro atoms. The van der Waals surface area contributed by atoms with Crippen molar-refractivity contribution in [3.05, 3.63) is 206 Å². The van der Waals surface area contributed by atoms with Crippen LogP contribution in [0.15, 0.2) is 211 Å². The van der Waals surface area contributed by atoms with Crippen LogP contribution in [0.4, 0.5) is 17.1 Å². The van der Waals surface area contributed by atoms with E-state index >= 15 is 0 Å². The van der Waals surface area contributed by atoms with Gasteiger partial charge in [-0.2, -0.15) is 0 Å². The van der Waals surface area contributed by atoms with Gasteiger partial charge in [0.25, 0.3) is 0 Å². The molecule has 0 aliphatic carbocycles. The zero-order chi connectivity index (χ0) is 39.6. The smallest absolute Gasteiger partial charge is 0.227 e. The van der Waals surface area contributed by atoms with Crippen molar-refractivity contribution in [2.24, 2.45) is 0 Å². The van der Waals surface area contributed by atoms with Crippen LogP contribution in [-0.2, 0) is 0 Å². The van der Waals surface area contributed by atoms with Gasteiger partial charge >= 0.3 is 0 Å². The van der Waals surface area contributed by atoms with Crippen molar-refractivity contribution in [3.63, 3.8) is 0 Å². The van der Waals surface area contributed by atoms with Crippen LogP contribution in [0.2, 0.25) is 0 Å². The predicted octanol–water partition coefficient (Wildman–Crippen LogP) is 14.9. The van der Waals surface area contributed by atoms with Gasteiger partial charge in [0.1, 0.15) is 5.58 Å². The van der Waals surface area contributed by atoms with Gasteiger partial charge in [0.05, 0.1) is 22.6 Å². The number of pyridine rings is 3. The number of nitrogens with zero attached hydrogens (tertiary/aromatic N) is 4. The first-order valence-corrected chi connectivity index (χ1v) is 20.2. The fourth-order valence-electron chi connectivity index (χ4n) is 8.60. The van der Waals surface area contributed by atoms with Gasteiger partial charge in [-0.25, -0.2) is 9.97 Å². The van der Waals surface area contributed by atoms with Crippen molar-refractivity contribution in [3.8, 4) is 33.8 Å². The summed E-state index contributed by atoms with van der Waals surface area (Å²) in [5.41, 5.74) is 11.6. The number of fused-ring (bicyclic) bond motifs is 8. The molecule has 60 heavy (non-hydrogen) atoms. The number of hydrogen-bond acceptors (Lipinski definition) is 5. The minimum atomic E-state index is 0.644. The number of benzene rings is 8. The lowest BCUT2D eigenvalue weighted by molar-refractivity contribution is 0.654. The molecule has 0 fully saturated rings. The van der Waals surface area contributed by atoms with Crippen LogP contribution in [0.5, 0.6) is 0 Å². The summed E-state index contributed by atoms with van der Waals surface area (Å²) >= 11 is 0. The third-order valence-electron chi connectivity index (χ3n) is 11.7. The third kappa shape index (κ3) is 5.83. The standard InChI is InChI=1S/C55H34N4O/c1-2-9-42-34-56-53(33-38(42)8-1)41-19-26-46-39(31-41)13-14-40-32-45(25-27-47(40)46)59(43-21-15-36(16-22-43)51-29-20-35-7-3-5-11-50(35)57-51)44-23-17-37(18-24-44)52-30-28-49-48-10-4-6-12-54(48)60-55(49)58-52/h1-34H. The summed E-state index contributed by atoms with van der Waals surface area (Å²) in [4.78, 5) is 17.0. The summed E-state index contributed by atoms with van der Waals surface area (Å²) in [5.74, 6) is 0.